The second kappa shape index (κ2) is 18.3. The van der Waals surface area contributed by atoms with Gasteiger partial charge < -0.3 is 9.80 Å². The summed E-state index contributed by atoms with van der Waals surface area (Å²) in [7, 11) is 0. The van der Waals surface area contributed by atoms with Crippen molar-refractivity contribution in [3.8, 4) is 22.3 Å². The highest BCUT2D eigenvalue weighted by Gasteiger charge is 2.19. The van der Waals surface area contributed by atoms with Gasteiger partial charge in [-0.15, -0.1) is 0 Å². The molecule has 0 bridgehead atoms. The van der Waals surface area contributed by atoms with Gasteiger partial charge >= 0.3 is 0 Å². The van der Waals surface area contributed by atoms with Crippen molar-refractivity contribution < 1.29 is 0 Å². The molecule has 0 aromatic heterocycles. The number of aryl methyl sites for hydroxylation is 2. The minimum absolute atomic E-state index is 1.12. The molecule has 12 rings (SSSR count). The predicted octanol–water partition coefficient (Wildman–Crippen LogP) is 19.4. The highest BCUT2D eigenvalue weighted by atomic mass is 15.1. The van der Waals surface area contributed by atoms with E-state index in [0.29, 0.717) is 0 Å². The van der Waals surface area contributed by atoms with Crippen LogP contribution in [0.5, 0.6) is 0 Å². The zero-order valence-electron chi connectivity index (χ0n) is 39.3. The average molecular weight is 895 g/mol. The third-order valence-corrected chi connectivity index (χ3v) is 13.7. The Kier molecular flexibility index (Phi) is 11.1. The summed E-state index contributed by atoms with van der Waals surface area (Å²) in [5, 5.41) is 9.96. The van der Waals surface area contributed by atoms with Crippen molar-refractivity contribution in [3.63, 3.8) is 0 Å². The molecule has 0 saturated carbocycles. The van der Waals surface area contributed by atoms with Crippen LogP contribution >= 0.6 is 0 Å². The van der Waals surface area contributed by atoms with E-state index in [1.54, 1.807) is 0 Å². The van der Waals surface area contributed by atoms with Gasteiger partial charge in [0.2, 0.25) is 0 Å². The van der Waals surface area contributed by atoms with Crippen LogP contribution in [0.4, 0.5) is 34.1 Å². The maximum absolute atomic E-state index is 2.40. The van der Waals surface area contributed by atoms with E-state index in [2.05, 4.69) is 291 Å². The molecule has 332 valence electrons. The Labute approximate surface area is 410 Å². The molecule has 0 aliphatic carbocycles. The van der Waals surface area contributed by atoms with Crippen LogP contribution in [0, 0.1) is 13.8 Å². The molecule has 12 aromatic rings. The van der Waals surface area contributed by atoms with Crippen LogP contribution in [-0.4, -0.2) is 0 Å². The Morgan fingerprint density at radius 3 is 0.957 bits per heavy atom. The third kappa shape index (κ3) is 8.16. The summed E-state index contributed by atoms with van der Waals surface area (Å²) in [6, 6.07) is 92.8. The normalized spacial score (nSPS) is 11.5. The maximum atomic E-state index is 2.40. The van der Waals surface area contributed by atoms with Crippen LogP contribution in [0.25, 0.3) is 77.5 Å². The molecule has 2 nitrogen and oxygen atoms in total. The lowest BCUT2D eigenvalue weighted by atomic mass is 9.98. The van der Waals surface area contributed by atoms with Crippen LogP contribution in [-0.2, 0) is 0 Å². The first-order valence-corrected chi connectivity index (χ1v) is 24.1. The zero-order valence-corrected chi connectivity index (χ0v) is 39.3. The van der Waals surface area contributed by atoms with Gasteiger partial charge in [0.15, 0.2) is 0 Å². The predicted molar refractivity (Wildman–Crippen MR) is 302 cm³/mol. The third-order valence-electron chi connectivity index (χ3n) is 13.7. The molecule has 0 atom stereocenters. The number of fused-ring (bicyclic) bond motifs is 6. The van der Waals surface area contributed by atoms with Crippen molar-refractivity contribution in [3.05, 3.63) is 277 Å². The summed E-state index contributed by atoms with van der Waals surface area (Å²) in [6.07, 6.45) is 4.39. The lowest BCUT2D eigenvalue weighted by Gasteiger charge is -2.28. The summed E-state index contributed by atoms with van der Waals surface area (Å²) in [5.41, 5.74) is 16.4. The molecule has 70 heavy (non-hydrogen) atoms. The van der Waals surface area contributed by atoms with Gasteiger partial charge in [0.05, 0.1) is 11.4 Å². The van der Waals surface area contributed by atoms with Crippen molar-refractivity contribution in [1.29, 1.82) is 0 Å². The molecule has 12 aromatic carbocycles. The lowest BCUT2D eigenvalue weighted by Crippen LogP contribution is -2.10. The van der Waals surface area contributed by atoms with Gasteiger partial charge in [0.1, 0.15) is 0 Å². The smallest absolute Gasteiger partial charge is 0.0546 e. The second-order valence-corrected chi connectivity index (χ2v) is 18.3. The molecule has 0 amide bonds. The maximum Gasteiger partial charge on any atom is 0.0546 e. The summed E-state index contributed by atoms with van der Waals surface area (Å²) in [5.74, 6) is 0. The van der Waals surface area contributed by atoms with E-state index in [-0.39, 0.29) is 0 Å². The molecule has 0 fully saturated rings. The van der Waals surface area contributed by atoms with Crippen LogP contribution in [0.2, 0.25) is 0 Å². The quantitative estimate of drug-likeness (QED) is 0.0997. The van der Waals surface area contributed by atoms with Crippen LogP contribution in [0.1, 0.15) is 22.3 Å². The minimum atomic E-state index is 1.12. The van der Waals surface area contributed by atoms with Crippen LogP contribution in [0.15, 0.2) is 255 Å². The van der Waals surface area contributed by atoms with Gasteiger partial charge in [-0.05, 0) is 151 Å². The van der Waals surface area contributed by atoms with E-state index in [1.807, 2.05) is 0 Å². The van der Waals surface area contributed by atoms with E-state index in [1.165, 1.54) is 87.8 Å². The fourth-order valence-corrected chi connectivity index (χ4v) is 10.2. The molecular formula is C68H50N2. The zero-order chi connectivity index (χ0) is 47.0. The van der Waals surface area contributed by atoms with E-state index in [0.717, 1.165) is 33.9 Å². The minimum Gasteiger partial charge on any atom is -0.310 e. The van der Waals surface area contributed by atoms with Gasteiger partial charge in [-0.2, -0.15) is 0 Å². The van der Waals surface area contributed by atoms with Gasteiger partial charge in [-0.25, -0.2) is 0 Å². The Balaban J connectivity index is 0.775. The fraction of sp³-hybridized carbons (Fsp3) is 0.0294. The average Bonchev–Trinajstić information content (AvgIpc) is 3.41. The van der Waals surface area contributed by atoms with Crippen molar-refractivity contribution in [2.75, 3.05) is 9.80 Å². The summed E-state index contributed by atoms with van der Waals surface area (Å²) in [4.78, 5) is 4.80. The summed E-state index contributed by atoms with van der Waals surface area (Å²) < 4.78 is 0. The topological polar surface area (TPSA) is 6.48 Å². The Morgan fingerprint density at radius 1 is 0.257 bits per heavy atom. The molecule has 0 unspecified atom stereocenters. The monoisotopic (exact) mass is 894 g/mol. The van der Waals surface area contributed by atoms with Gasteiger partial charge in [-0.1, -0.05) is 206 Å². The van der Waals surface area contributed by atoms with Gasteiger partial charge in [-0.3, -0.25) is 0 Å². The first-order valence-electron chi connectivity index (χ1n) is 24.1. The number of nitrogens with zero attached hydrogens (tertiary/aromatic N) is 2. The first kappa shape index (κ1) is 42.4. The lowest BCUT2D eigenvalue weighted by molar-refractivity contribution is 1.29. The molecule has 0 heterocycles. The summed E-state index contributed by atoms with van der Waals surface area (Å²) >= 11 is 0. The first-order chi connectivity index (χ1) is 34.5. The summed E-state index contributed by atoms with van der Waals surface area (Å²) in [6.45, 7) is 4.32. The van der Waals surface area contributed by atoms with Crippen LogP contribution < -0.4 is 9.80 Å². The number of anilines is 6. The Morgan fingerprint density at radius 2 is 0.586 bits per heavy atom. The molecule has 0 radical (unpaired) electrons. The molecule has 0 aliphatic heterocycles. The van der Waals surface area contributed by atoms with Crippen molar-refractivity contribution in [2.45, 2.75) is 13.8 Å². The second-order valence-electron chi connectivity index (χ2n) is 18.3. The SMILES string of the molecule is Cc1cccc(N(c2ccc(-c3ccc(/C=C/c4ccc(-c5ccc(N(c6cccc(C)c6)c6cc7ccccc7c7ccccc67)cc5)cc4)cc3)cc2)c2cc3ccccc3c3ccccc23)c1. The van der Waals surface area contributed by atoms with E-state index in [9.17, 15) is 0 Å². The fourth-order valence-electron chi connectivity index (χ4n) is 10.2. The number of hydrogen-bond donors (Lipinski definition) is 0. The number of hydrogen-bond acceptors (Lipinski definition) is 2. The Hall–Kier alpha value is -8.98. The molecule has 0 spiro atoms. The molecule has 0 saturated heterocycles. The largest absolute Gasteiger partial charge is 0.310 e. The van der Waals surface area contributed by atoms with E-state index >= 15 is 0 Å². The number of rotatable bonds is 10. The molecular weight excluding hydrogens is 845 g/mol. The molecule has 0 N–H and O–H groups in total. The van der Waals surface area contributed by atoms with Crippen molar-refractivity contribution in [2.24, 2.45) is 0 Å². The van der Waals surface area contributed by atoms with Gasteiger partial charge in [0.25, 0.3) is 0 Å². The highest BCUT2D eigenvalue weighted by molar-refractivity contribution is 6.16. The van der Waals surface area contributed by atoms with Crippen LogP contribution in [0.3, 0.4) is 0 Å². The Bertz CT molecular complexity index is 3630. The van der Waals surface area contributed by atoms with E-state index < -0.39 is 0 Å². The van der Waals surface area contributed by atoms with Crippen molar-refractivity contribution in [1.82, 2.24) is 0 Å². The molecule has 2 heteroatoms. The standard InChI is InChI=1S/C68H50N2/c1-47-13-11-17-59(43-47)69(67-45-55-15-3-5-19-61(55)63-21-7-9-23-65(63)67)57-39-35-53(36-40-57)51-31-27-49(28-32-51)25-26-50-29-33-52(34-30-50)54-37-41-58(42-38-54)70(60-18-12-14-48(2)44-60)68-46-56-16-4-6-20-62(56)64-22-8-10-24-66(64)68/h3-46H,1-2H3/b26-25+. The number of benzene rings is 12. The highest BCUT2D eigenvalue weighted by Crippen LogP contribution is 2.44. The van der Waals surface area contributed by atoms with E-state index in [4.69, 9.17) is 0 Å². The van der Waals surface area contributed by atoms with Gasteiger partial charge in [0, 0.05) is 33.5 Å². The molecule has 0 aliphatic rings. The van der Waals surface area contributed by atoms with Crippen molar-refractivity contribution >= 4 is 89.4 Å².